The van der Waals surface area contributed by atoms with E-state index >= 15 is 0 Å². The number of carbonyl (C=O) groups excluding carboxylic acids is 1. The van der Waals surface area contributed by atoms with E-state index in [1.807, 2.05) is 54.6 Å². The number of cyclic esters (lactones) is 1. The zero-order valence-corrected chi connectivity index (χ0v) is 12.1. The van der Waals surface area contributed by atoms with Gasteiger partial charge in [0, 0.05) is 0 Å². The molecule has 2 aromatic rings. The van der Waals surface area contributed by atoms with Crippen molar-refractivity contribution in [3.63, 3.8) is 0 Å². The summed E-state index contributed by atoms with van der Waals surface area (Å²) in [6, 6.07) is 17.6. The predicted octanol–water partition coefficient (Wildman–Crippen LogP) is 3.15. The molecule has 1 aliphatic rings. The van der Waals surface area contributed by atoms with Gasteiger partial charge in [0.15, 0.2) is 0 Å². The summed E-state index contributed by atoms with van der Waals surface area (Å²) in [4.78, 5) is 16.6. The second-order valence-corrected chi connectivity index (χ2v) is 4.91. The van der Waals surface area contributed by atoms with Crippen LogP contribution in [0.1, 0.15) is 11.1 Å². The number of nitrogens with zero attached hydrogens (tertiary/aromatic N) is 1. The molecule has 0 saturated carbocycles. The highest BCUT2D eigenvalue weighted by Gasteiger charge is 2.22. The molecule has 0 radical (unpaired) electrons. The van der Waals surface area contributed by atoms with Gasteiger partial charge in [-0.2, -0.15) is 5.06 Å². The topological polar surface area (TPSA) is 48.0 Å². The van der Waals surface area contributed by atoms with Crippen molar-refractivity contribution in [2.24, 2.45) is 0 Å². The molecule has 0 aliphatic carbocycles. The van der Waals surface area contributed by atoms with Crippen molar-refractivity contribution in [3.8, 4) is 5.75 Å². The number of rotatable bonds is 6. The Morgan fingerprint density at radius 1 is 0.955 bits per heavy atom. The molecule has 0 atom stereocenters. The molecule has 0 N–H and O–H groups in total. The van der Waals surface area contributed by atoms with Gasteiger partial charge in [-0.1, -0.05) is 42.5 Å². The Hall–Kier alpha value is -2.53. The lowest BCUT2D eigenvalue weighted by atomic mass is 10.2. The second-order valence-electron chi connectivity index (χ2n) is 4.91. The molecule has 0 bridgehead atoms. The van der Waals surface area contributed by atoms with Crippen LogP contribution in [0.3, 0.4) is 0 Å². The summed E-state index contributed by atoms with van der Waals surface area (Å²) in [7, 11) is 0. The van der Waals surface area contributed by atoms with Gasteiger partial charge >= 0.3 is 6.09 Å². The highest BCUT2D eigenvalue weighted by molar-refractivity contribution is 5.67. The van der Waals surface area contributed by atoms with Gasteiger partial charge in [-0.15, -0.1) is 0 Å². The van der Waals surface area contributed by atoms with Gasteiger partial charge in [0.1, 0.15) is 25.6 Å². The molecule has 3 rings (SSSR count). The molecule has 5 nitrogen and oxygen atoms in total. The summed E-state index contributed by atoms with van der Waals surface area (Å²) in [6.07, 6.45) is -0.428. The summed E-state index contributed by atoms with van der Waals surface area (Å²) in [6.45, 7) is 1.71. The monoisotopic (exact) mass is 299 g/mol. The van der Waals surface area contributed by atoms with Crippen LogP contribution < -0.4 is 4.74 Å². The molecule has 5 heteroatoms. The minimum atomic E-state index is -0.428. The smallest absolute Gasteiger partial charge is 0.434 e. The number of hydrogen-bond acceptors (Lipinski definition) is 4. The van der Waals surface area contributed by atoms with Gasteiger partial charge in [0.05, 0.1) is 6.54 Å². The summed E-state index contributed by atoms with van der Waals surface area (Å²) < 4.78 is 10.5. The first-order chi connectivity index (χ1) is 10.8. The van der Waals surface area contributed by atoms with Crippen molar-refractivity contribution >= 4 is 6.09 Å². The molecule has 1 saturated heterocycles. The number of carbonyl (C=O) groups is 1. The fraction of sp³-hybridized carbons (Fsp3) is 0.235. The van der Waals surface area contributed by atoms with Crippen LogP contribution in [0.4, 0.5) is 4.79 Å². The van der Waals surface area contributed by atoms with Gasteiger partial charge in [-0.25, -0.2) is 4.79 Å². The fourth-order valence-electron chi connectivity index (χ4n) is 2.07. The van der Waals surface area contributed by atoms with E-state index in [0.29, 0.717) is 26.4 Å². The zero-order valence-electron chi connectivity index (χ0n) is 12.1. The number of hydroxylamine groups is 2. The van der Waals surface area contributed by atoms with Crippen molar-refractivity contribution in [2.75, 3.05) is 13.2 Å². The van der Waals surface area contributed by atoms with Gasteiger partial charge in [-0.05, 0) is 23.3 Å². The summed E-state index contributed by atoms with van der Waals surface area (Å²) >= 11 is 0. The van der Waals surface area contributed by atoms with Crippen LogP contribution in [0.25, 0.3) is 0 Å². The van der Waals surface area contributed by atoms with Crippen LogP contribution in [0, 0.1) is 0 Å². The van der Waals surface area contributed by atoms with E-state index in [-0.39, 0.29) is 0 Å². The van der Waals surface area contributed by atoms with Crippen molar-refractivity contribution in [1.29, 1.82) is 0 Å². The molecular weight excluding hydrogens is 282 g/mol. The lowest BCUT2D eigenvalue weighted by Crippen LogP contribution is -2.24. The molecule has 2 aromatic carbocycles. The van der Waals surface area contributed by atoms with Gasteiger partial charge in [-0.3, -0.25) is 4.84 Å². The standard InChI is InChI=1S/C17H17NO4/c19-17-18(10-11-20-17)22-13-15-6-8-16(9-7-15)21-12-14-4-2-1-3-5-14/h1-9H,10-13H2. The highest BCUT2D eigenvalue weighted by Crippen LogP contribution is 2.16. The Balaban J connectivity index is 1.48. The van der Waals surface area contributed by atoms with E-state index in [0.717, 1.165) is 16.9 Å². The number of benzene rings is 2. The third kappa shape index (κ3) is 3.77. The maximum Gasteiger partial charge on any atom is 0.434 e. The minimum Gasteiger partial charge on any atom is -0.489 e. The van der Waals surface area contributed by atoms with Gasteiger partial charge in [0.2, 0.25) is 0 Å². The van der Waals surface area contributed by atoms with Gasteiger partial charge in [0.25, 0.3) is 0 Å². The van der Waals surface area contributed by atoms with Crippen LogP contribution in [0.2, 0.25) is 0 Å². The molecule has 22 heavy (non-hydrogen) atoms. The van der Waals surface area contributed by atoms with E-state index in [9.17, 15) is 4.79 Å². The van der Waals surface area contributed by atoms with Crippen LogP contribution in [-0.2, 0) is 22.8 Å². The Morgan fingerprint density at radius 3 is 2.36 bits per heavy atom. The summed E-state index contributed by atoms with van der Waals surface area (Å²) in [5.41, 5.74) is 2.09. The second kappa shape index (κ2) is 6.95. The maximum absolute atomic E-state index is 11.2. The summed E-state index contributed by atoms with van der Waals surface area (Å²) in [5.74, 6) is 0.799. The van der Waals surface area contributed by atoms with E-state index in [1.165, 1.54) is 5.06 Å². The first kappa shape index (κ1) is 14.4. The largest absolute Gasteiger partial charge is 0.489 e. The minimum absolute atomic E-state index is 0.327. The van der Waals surface area contributed by atoms with E-state index in [2.05, 4.69) is 0 Å². The van der Waals surface area contributed by atoms with Crippen molar-refractivity contribution in [3.05, 3.63) is 65.7 Å². The highest BCUT2D eigenvalue weighted by atomic mass is 16.7. The average molecular weight is 299 g/mol. The Bertz CT molecular complexity index is 612. The first-order valence-corrected chi connectivity index (χ1v) is 7.14. The normalized spacial score (nSPS) is 14.0. The number of ether oxygens (including phenoxy) is 2. The third-order valence-electron chi connectivity index (χ3n) is 3.28. The first-order valence-electron chi connectivity index (χ1n) is 7.14. The summed E-state index contributed by atoms with van der Waals surface area (Å²) in [5, 5.41) is 1.24. The molecule has 1 amide bonds. The molecule has 0 spiro atoms. The lowest BCUT2D eigenvalue weighted by molar-refractivity contribution is -0.118. The lowest BCUT2D eigenvalue weighted by Gasteiger charge is -2.12. The van der Waals surface area contributed by atoms with E-state index < -0.39 is 6.09 Å². The number of amides is 1. The van der Waals surface area contributed by atoms with E-state index in [4.69, 9.17) is 14.3 Å². The molecule has 1 heterocycles. The Labute approximate surface area is 129 Å². The molecule has 0 aromatic heterocycles. The van der Waals surface area contributed by atoms with E-state index in [1.54, 1.807) is 0 Å². The molecule has 0 unspecified atom stereocenters. The van der Waals surface area contributed by atoms with Crippen molar-refractivity contribution in [1.82, 2.24) is 5.06 Å². The zero-order chi connectivity index (χ0) is 15.2. The molecular formula is C17H17NO4. The van der Waals surface area contributed by atoms with Crippen LogP contribution in [0.5, 0.6) is 5.75 Å². The molecule has 114 valence electrons. The third-order valence-corrected chi connectivity index (χ3v) is 3.28. The van der Waals surface area contributed by atoms with Gasteiger partial charge < -0.3 is 9.47 Å². The number of hydrogen-bond donors (Lipinski definition) is 0. The quantitative estimate of drug-likeness (QED) is 0.822. The van der Waals surface area contributed by atoms with Crippen LogP contribution in [0.15, 0.2) is 54.6 Å². The average Bonchev–Trinajstić information content (AvgIpc) is 2.98. The fourth-order valence-corrected chi connectivity index (χ4v) is 2.07. The predicted molar refractivity (Wildman–Crippen MR) is 80.1 cm³/mol. The Kier molecular flexibility index (Phi) is 4.56. The van der Waals surface area contributed by atoms with Crippen molar-refractivity contribution in [2.45, 2.75) is 13.2 Å². The van der Waals surface area contributed by atoms with Crippen LogP contribution in [-0.4, -0.2) is 24.3 Å². The van der Waals surface area contributed by atoms with Crippen molar-refractivity contribution < 1.29 is 19.1 Å². The molecule has 1 fully saturated rings. The Morgan fingerprint density at radius 2 is 1.68 bits per heavy atom. The molecule has 1 aliphatic heterocycles. The van der Waals surface area contributed by atoms with Crippen LogP contribution >= 0.6 is 0 Å². The maximum atomic E-state index is 11.2. The SMILES string of the molecule is O=C1OCCN1OCc1ccc(OCc2ccccc2)cc1.